The smallest absolute Gasteiger partial charge is 0.295 e. The van der Waals surface area contributed by atoms with Crippen molar-refractivity contribution in [2.75, 3.05) is 6.61 Å². The molecule has 1 aromatic heterocycles. The molecular formula is C27H25BrN2O4. The molecule has 2 aromatic carbocycles. The third-order valence-corrected chi connectivity index (χ3v) is 6.24. The lowest BCUT2D eigenvalue weighted by Crippen LogP contribution is -2.29. The van der Waals surface area contributed by atoms with Gasteiger partial charge in [0.05, 0.1) is 18.2 Å². The summed E-state index contributed by atoms with van der Waals surface area (Å²) in [4.78, 5) is 31.9. The van der Waals surface area contributed by atoms with E-state index in [0.29, 0.717) is 12.2 Å². The van der Waals surface area contributed by atoms with Gasteiger partial charge in [-0.05, 0) is 66.4 Å². The van der Waals surface area contributed by atoms with Gasteiger partial charge in [0, 0.05) is 29.0 Å². The number of amides is 1. The highest BCUT2D eigenvalue weighted by atomic mass is 79.9. The van der Waals surface area contributed by atoms with Gasteiger partial charge in [0.1, 0.15) is 11.5 Å². The van der Waals surface area contributed by atoms with Crippen LogP contribution in [0.4, 0.5) is 0 Å². The topological polar surface area (TPSA) is 79.7 Å². The Hall–Kier alpha value is -3.45. The second kappa shape index (κ2) is 10.2. The van der Waals surface area contributed by atoms with Crippen LogP contribution < -0.4 is 4.74 Å². The number of aliphatic hydroxyl groups is 1. The Kier molecular flexibility index (Phi) is 7.12. The summed E-state index contributed by atoms with van der Waals surface area (Å²) in [6.45, 7) is 4.70. The van der Waals surface area contributed by atoms with Gasteiger partial charge in [-0.2, -0.15) is 0 Å². The number of nitrogens with zero attached hydrogens (tertiary/aromatic N) is 2. The van der Waals surface area contributed by atoms with Gasteiger partial charge in [0.2, 0.25) is 0 Å². The average Bonchev–Trinajstić information content (AvgIpc) is 3.09. The molecule has 174 valence electrons. The lowest BCUT2D eigenvalue weighted by molar-refractivity contribution is -0.140. The number of rotatable bonds is 7. The number of likely N-dealkylation sites (tertiary alicyclic amines) is 1. The van der Waals surface area contributed by atoms with E-state index >= 15 is 0 Å². The fraction of sp³-hybridized carbons (Fsp3) is 0.222. The molecule has 1 unspecified atom stereocenters. The third kappa shape index (κ3) is 4.75. The standard InChI is InChI=1S/C27H25BrN2O4/c1-3-13-34-22-11-8-20(14-17(22)2)25(31)23-24(19-6-9-21(28)10-7-19)30(27(33)26(23)32)16-18-5-4-12-29-15-18/h4-12,14-15,24,31H,3,13,16H2,1-2H3. The molecule has 6 nitrogen and oxygen atoms in total. The minimum Gasteiger partial charge on any atom is -0.507 e. The molecule has 1 aliphatic heterocycles. The van der Waals surface area contributed by atoms with E-state index in [-0.39, 0.29) is 17.9 Å². The number of hydrogen-bond donors (Lipinski definition) is 1. The zero-order valence-electron chi connectivity index (χ0n) is 19.0. The van der Waals surface area contributed by atoms with Gasteiger partial charge < -0.3 is 14.7 Å². The van der Waals surface area contributed by atoms with Gasteiger partial charge in [-0.3, -0.25) is 14.6 Å². The Balaban J connectivity index is 1.81. The van der Waals surface area contributed by atoms with Gasteiger partial charge >= 0.3 is 0 Å². The number of halogens is 1. The van der Waals surface area contributed by atoms with Crippen LogP contribution in [0.1, 0.15) is 41.6 Å². The van der Waals surface area contributed by atoms with Gasteiger partial charge in [-0.25, -0.2) is 0 Å². The molecule has 7 heteroatoms. The van der Waals surface area contributed by atoms with Crippen molar-refractivity contribution in [3.8, 4) is 5.75 Å². The zero-order chi connectivity index (χ0) is 24.2. The van der Waals surface area contributed by atoms with E-state index < -0.39 is 17.7 Å². The molecule has 1 N–H and O–H groups in total. The molecule has 1 atom stereocenters. The molecule has 0 aliphatic carbocycles. The number of pyridine rings is 1. The van der Waals surface area contributed by atoms with Gasteiger partial charge in [0.15, 0.2) is 0 Å². The second-order valence-corrected chi connectivity index (χ2v) is 9.08. The first-order valence-corrected chi connectivity index (χ1v) is 11.9. The van der Waals surface area contributed by atoms with E-state index in [4.69, 9.17) is 4.74 Å². The van der Waals surface area contributed by atoms with E-state index in [1.807, 2.05) is 44.2 Å². The summed E-state index contributed by atoms with van der Waals surface area (Å²) in [7, 11) is 0. The van der Waals surface area contributed by atoms with Gasteiger partial charge in [0.25, 0.3) is 11.7 Å². The Morgan fingerprint density at radius 1 is 1.15 bits per heavy atom. The molecule has 0 spiro atoms. The molecule has 2 heterocycles. The van der Waals surface area contributed by atoms with Crippen LogP contribution in [0, 0.1) is 6.92 Å². The summed E-state index contributed by atoms with van der Waals surface area (Å²) in [6, 6.07) is 15.6. The predicted octanol–water partition coefficient (Wildman–Crippen LogP) is 5.56. The maximum atomic E-state index is 13.2. The van der Waals surface area contributed by atoms with Crippen LogP contribution in [0.3, 0.4) is 0 Å². The number of carbonyl (C=O) groups excluding carboxylic acids is 2. The molecular weight excluding hydrogens is 496 g/mol. The Bertz CT molecular complexity index is 1240. The number of aliphatic hydroxyl groups excluding tert-OH is 1. The third-order valence-electron chi connectivity index (χ3n) is 5.71. The fourth-order valence-corrected chi connectivity index (χ4v) is 4.31. The van der Waals surface area contributed by atoms with E-state index in [9.17, 15) is 14.7 Å². The maximum absolute atomic E-state index is 13.2. The molecule has 0 bridgehead atoms. The van der Waals surface area contributed by atoms with Crippen molar-refractivity contribution in [3.05, 3.63) is 99.3 Å². The SMILES string of the molecule is CCCOc1ccc(C(O)=C2C(=O)C(=O)N(Cc3cccnc3)C2c2ccc(Br)cc2)cc1C. The highest BCUT2D eigenvalue weighted by Gasteiger charge is 2.46. The summed E-state index contributed by atoms with van der Waals surface area (Å²) in [5, 5.41) is 11.3. The van der Waals surface area contributed by atoms with Crippen LogP contribution in [0.5, 0.6) is 5.75 Å². The molecule has 1 saturated heterocycles. The molecule has 1 fully saturated rings. The number of Topliss-reactive ketones (excluding diaryl/α,β-unsaturated/α-hetero) is 1. The van der Waals surface area contributed by atoms with E-state index in [1.54, 1.807) is 36.7 Å². The normalized spacial score (nSPS) is 17.3. The monoisotopic (exact) mass is 520 g/mol. The molecule has 34 heavy (non-hydrogen) atoms. The Labute approximate surface area is 207 Å². The van der Waals surface area contributed by atoms with Crippen LogP contribution in [0.2, 0.25) is 0 Å². The number of carbonyl (C=O) groups is 2. The van der Waals surface area contributed by atoms with Gasteiger partial charge in [-0.1, -0.05) is 41.1 Å². The van der Waals surface area contributed by atoms with Crippen molar-refractivity contribution < 1.29 is 19.4 Å². The largest absolute Gasteiger partial charge is 0.507 e. The highest BCUT2D eigenvalue weighted by Crippen LogP contribution is 2.41. The van der Waals surface area contributed by atoms with Crippen molar-refractivity contribution in [1.82, 2.24) is 9.88 Å². The molecule has 0 radical (unpaired) electrons. The number of benzene rings is 2. The number of ketones is 1. The summed E-state index contributed by atoms with van der Waals surface area (Å²) in [6.07, 6.45) is 4.20. The number of aromatic nitrogens is 1. The quantitative estimate of drug-likeness (QED) is 0.250. The minimum atomic E-state index is -0.732. The minimum absolute atomic E-state index is 0.0674. The highest BCUT2D eigenvalue weighted by molar-refractivity contribution is 9.10. The van der Waals surface area contributed by atoms with E-state index in [2.05, 4.69) is 20.9 Å². The maximum Gasteiger partial charge on any atom is 0.295 e. The first kappa shape index (κ1) is 23.7. The fourth-order valence-electron chi connectivity index (χ4n) is 4.05. The number of hydrogen-bond acceptors (Lipinski definition) is 5. The van der Waals surface area contributed by atoms with E-state index in [0.717, 1.165) is 33.3 Å². The number of ether oxygens (including phenoxy) is 1. The van der Waals surface area contributed by atoms with Crippen molar-refractivity contribution in [1.29, 1.82) is 0 Å². The van der Waals surface area contributed by atoms with E-state index in [1.165, 1.54) is 4.90 Å². The number of aryl methyl sites for hydroxylation is 1. The van der Waals surface area contributed by atoms with Crippen LogP contribution >= 0.6 is 15.9 Å². The lowest BCUT2D eigenvalue weighted by Gasteiger charge is -2.25. The first-order valence-electron chi connectivity index (χ1n) is 11.1. The second-order valence-electron chi connectivity index (χ2n) is 8.17. The summed E-state index contributed by atoms with van der Waals surface area (Å²) in [5.41, 5.74) is 2.88. The van der Waals surface area contributed by atoms with Crippen molar-refractivity contribution in [2.45, 2.75) is 32.9 Å². The Morgan fingerprint density at radius 3 is 2.56 bits per heavy atom. The van der Waals surface area contributed by atoms with Crippen LogP contribution in [-0.2, 0) is 16.1 Å². The molecule has 0 saturated carbocycles. The average molecular weight is 521 g/mol. The molecule has 1 amide bonds. The van der Waals surface area contributed by atoms with Crippen LogP contribution in [-0.4, -0.2) is 33.3 Å². The van der Waals surface area contributed by atoms with Crippen molar-refractivity contribution >= 4 is 33.4 Å². The summed E-state index contributed by atoms with van der Waals surface area (Å²) in [5.74, 6) is -0.846. The Morgan fingerprint density at radius 2 is 1.91 bits per heavy atom. The summed E-state index contributed by atoms with van der Waals surface area (Å²) < 4.78 is 6.61. The van der Waals surface area contributed by atoms with Gasteiger partial charge in [-0.15, -0.1) is 0 Å². The zero-order valence-corrected chi connectivity index (χ0v) is 20.6. The first-order chi connectivity index (χ1) is 16.4. The van der Waals surface area contributed by atoms with Crippen LogP contribution in [0.15, 0.2) is 77.0 Å². The molecule has 1 aliphatic rings. The van der Waals surface area contributed by atoms with Crippen molar-refractivity contribution in [3.63, 3.8) is 0 Å². The van der Waals surface area contributed by atoms with Crippen LogP contribution in [0.25, 0.3) is 5.76 Å². The molecule has 3 aromatic rings. The lowest BCUT2D eigenvalue weighted by atomic mass is 9.94. The predicted molar refractivity (Wildman–Crippen MR) is 133 cm³/mol. The molecule has 4 rings (SSSR count). The van der Waals surface area contributed by atoms with Crippen molar-refractivity contribution in [2.24, 2.45) is 0 Å². The summed E-state index contributed by atoms with van der Waals surface area (Å²) >= 11 is 3.43.